The molecule has 1 fully saturated rings. The van der Waals surface area contributed by atoms with Gasteiger partial charge in [-0.3, -0.25) is 0 Å². The van der Waals surface area contributed by atoms with Gasteiger partial charge < -0.3 is 10.8 Å². The van der Waals surface area contributed by atoms with Gasteiger partial charge in [-0.25, -0.2) is 13.1 Å². The summed E-state index contributed by atoms with van der Waals surface area (Å²) in [6, 6.07) is 6.45. The van der Waals surface area contributed by atoms with Crippen LogP contribution in [0.25, 0.3) is 0 Å². The Morgan fingerprint density at radius 3 is 2.48 bits per heavy atom. The zero-order valence-electron chi connectivity index (χ0n) is 11.7. The van der Waals surface area contributed by atoms with Crippen LogP contribution < -0.4 is 10.5 Å². The number of aliphatic hydroxyl groups excluding tert-OH is 1. The Balaban J connectivity index is 2.01. The minimum absolute atomic E-state index is 0.117. The van der Waals surface area contributed by atoms with Crippen molar-refractivity contribution in [1.82, 2.24) is 4.72 Å². The molecule has 0 heterocycles. The monoisotopic (exact) mass is 328 g/mol. The normalized spacial score (nSPS) is 22.9. The highest BCUT2D eigenvalue weighted by Gasteiger charge is 2.27. The Bertz CT molecular complexity index is 599. The van der Waals surface area contributed by atoms with Gasteiger partial charge in [0.25, 0.3) is 0 Å². The third kappa shape index (κ3) is 4.74. The highest BCUT2D eigenvalue weighted by atomic mass is 32.2. The van der Waals surface area contributed by atoms with Crippen molar-refractivity contribution in [2.45, 2.75) is 43.6 Å². The van der Waals surface area contributed by atoms with Crippen LogP contribution in [0.1, 0.15) is 36.8 Å². The molecule has 1 aliphatic rings. The summed E-state index contributed by atoms with van der Waals surface area (Å²) < 4.78 is 26.9. The summed E-state index contributed by atoms with van der Waals surface area (Å²) in [5.41, 5.74) is 6.87. The van der Waals surface area contributed by atoms with Gasteiger partial charge in [-0.05, 0) is 18.4 Å². The molecule has 1 aromatic rings. The summed E-state index contributed by atoms with van der Waals surface area (Å²) in [6.07, 6.45) is 2.62. The minimum Gasteiger partial charge on any atom is -0.391 e. The lowest BCUT2D eigenvalue weighted by Crippen LogP contribution is -2.45. The number of benzene rings is 1. The number of thiocarbonyl (C=S) groups is 1. The number of nitrogens with one attached hydrogen (secondary N) is 1. The number of sulfonamides is 1. The molecule has 116 valence electrons. The average molecular weight is 328 g/mol. The van der Waals surface area contributed by atoms with E-state index in [2.05, 4.69) is 4.72 Å². The largest absolute Gasteiger partial charge is 0.391 e. The topological polar surface area (TPSA) is 92.4 Å². The molecule has 0 saturated heterocycles. The standard InChI is InChI=1S/C14H20N2O3S2/c15-14(20)11-7-5-10(6-8-11)9-21(18,19)16-12-3-1-2-4-13(12)17/h5-8,12-13,16-17H,1-4,9H2,(H2,15,20). The van der Waals surface area contributed by atoms with Crippen LogP contribution in [0.2, 0.25) is 0 Å². The molecule has 21 heavy (non-hydrogen) atoms. The second kappa shape index (κ2) is 6.83. The molecule has 0 bridgehead atoms. The summed E-state index contributed by atoms with van der Waals surface area (Å²) in [7, 11) is -3.47. The highest BCUT2D eigenvalue weighted by Crippen LogP contribution is 2.19. The summed E-state index contributed by atoms with van der Waals surface area (Å²) in [6.45, 7) is 0. The van der Waals surface area contributed by atoms with E-state index in [9.17, 15) is 13.5 Å². The third-order valence-electron chi connectivity index (χ3n) is 3.66. The first kappa shape index (κ1) is 16.4. The van der Waals surface area contributed by atoms with Gasteiger partial charge in [0.1, 0.15) is 4.99 Å². The van der Waals surface area contributed by atoms with Crippen molar-refractivity contribution in [2.24, 2.45) is 5.73 Å². The van der Waals surface area contributed by atoms with Gasteiger partial charge in [-0.2, -0.15) is 0 Å². The smallest absolute Gasteiger partial charge is 0.216 e. The van der Waals surface area contributed by atoms with E-state index in [0.29, 0.717) is 24.0 Å². The number of nitrogens with two attached hydrogens (primary N) is 1. The molecule has 0 amide bonds. The molecule has 5 nitrogen and oxygen atoms in total. The Morgan fingerprint density at radius 2 is 1.90 bits per heavy atom. The molecule has 2 atom stereocenters. The van der Waals surface area contributed by atoms with Crippen molar-refractivity contribution >= 4 is 27.2 Å². The fourth-order valence-electron chi connectivity index (χ4n) is 2.51. The molecular weight excluding hydrogens is 308 g/mol. The molecular formula is C14H20N2O3S2. The Hall–Kier alpha value is -1.02. The van der Waals surface area contributed by atoms with Gasteiger partial charge in [0.05, 0.1) is 11.9 Å². The van der Waals surface area contributed by atoms with Gasteiger partial charge in [-0.1, -0.05) is 49.3 Å². The van der Waals surface area contributed by atoms with Crippen LogP contribution in [0.5, 0.6) is 0 Å². The van der Waals surface area contributed by atoms with Crippen LogP contribution in [0.15, 0.2) is 24.3 Å². The summed E-state index contributed by atoms with van der Waals surface area (Å²) in [5.74, 6) is -0.117. The third-order valence-corrected chi connectivity index (χ3v) is 5.27. The fourth-order valence-corrected chi connectivity index (χ4v) is 4.09. The van der Waals surface area contributed by atoms with Crippen LogP contribution in [-0.2, 0) is 15.8 Å². The van der Waals surface area contributed by atoms with Crippen LogP contribution in [0.4, 0.5) is 0 Å². The van der Waals surface area contributed by atoms with Crippen molar-refractivity contribution < 1.29 is 13.5 Å². The minimum atomic E-state index is -3.47. The van der Waals surface area contributed by atoms with Crippen molar-refractivity contribution in [3.05, 3.63) is 35.4 Å². The lowest BCUT2D eigenvalue weighted by atomic mass is 9.93. The molecule has 0 spiro atoms. The first-order valence-corrected chi connectivity index (χ1v) is 9.00. The lowest BCUT2D eigenvalue weighted by molar-refractivity contribution is 0.101. The lowest BCUT2D eigenvalue weighted by Gasteiger charge is -2.28. The predicted octanol–water partition coefficient (Wildman–Crippen LogP) is 1.04. The Labute approximate surface area is 130 Å². The Morgan fingerprint density at radius 1 is 1.29 bits per heavy atom. The van der Waals surface area contributed by atoms with E-state index in [1.54, 1.807) is 24.3 Å². The maximum atomic E-state index is 12.2. The zero-order valence-corrected chi connectivity index (χ0v) is 13.3. The molecule has 7 heteroatoms. The fraction of sp³-hybridized carbons (Fsp3) is 0.500. The number of rotatable bonds is 5. The number of hydrogen-bond acceptors (Lipinski definition) is 4. The van der Waals surface area contributed by atoms with E-state index in [1.165, 1.54) is 0 Å². The maximum Gasteiger partial charge on any atom is 0.216 e. The molecule has 0 aromatic heterocycles. The molecule has 1 aromatic carbocycles. The molecule has 4 N–H and O–H groups in total. The van der Waals surface area contributed by atoms with Gasteiger partial charge >= 0.3 is 0 Å². The van der Waals surface area contributed by atoms with Crippen molar-refractivity contribution in [2.75, 3.05) is 0 Å². The molecule has 1 aliphatic carbocycles. The van der Waals surface area contributed by atoms with E-state index in [0.717, 1.165) is 12.8 Å². The van der Waals surface area contributed by atoms with Crippen molar-refractivity contribution in [3.63, 3.8) is 0 Å². The van der Waals surface area contributed by atoms with E-state index in [1.807, 2.05) is 0 Å². The zero-order chi connectivity index (χ0) is 15.5. The second-order valence-corrected chi connectivity index (χ2v) is 7.59. The van der Waals surface area contributed by atoms with Crippen LogP contribution >= 0.6 is 12.2 Å². The average Bonchev–Trinajstić information content (AvgIpc) is 2.41. The molecule has 1 saturated carbocycles. The van der Waals surface area contributed by atoms with Crippen LogP contribution in [0.3, 0.4) is 0 Å². The Kier molecular flexibility index (Phi) is 5.32. The first-order chi connectivity index (χ1) is 9.87. The molecule has 0 aliphatic heterocycles. The summed E-state index contributed by atoms with van der Waals surface area (Å²) in [5, 5.41) is 9.84. The van der Waals surface area contributed by atoms with Gasteiger partial charge in [0, 0.05) is 11.6 Å². The van der Waals surface area contributed by atoms with E-state index in [4.69, 9.17) is 18.0 Å². The van der Waals surface area contributed by atoms with Crippen LogP contribution in [0, 0.1) is 0 Å². The van der Waals surface area contributed by atoms with Crippen LogP contribution in [-0.4, -0.2) is 30.7 Å². The quantitative estimate of drug-likeness (QED) is 0.703. The van der Waals surface area contributed by atoms with Gasteiger partial charge in [-0.15, -0.1) is 0 Å². The maximum absolute atomic E-state index is 12.2. The van der Waals surface area contributed by atoms with Gasteiger partial charge in [0.15, 0.2) is 0 Å². The van der Waals surface area contributed by atoms with E-state index >= 15 is 0 Å². The molecule has 2 unspecified atom stereocenters. The van der Waals surface area contributed by atoms with E-state index in [-0.39, 0.29) is 16.8 Å². The predicted molar refractivity (Wildman–Crippen MR) is 86.4 cm³/mol. The summed E-state index contributed by atoms with van der Waals surface area (Å²) >= 11 is 4.86. The highest BCUT2D eigenvalue weighted by molar-refractivity contribution is 7.88. The van der Waals surface area contributed by atoms with Crippen molar-refractivity contribution in [3.8, 4) is 0 Å². The number of aliphatic hydroxyl groups is 1. The van der Waals surface area contributed by atoms with Gasteiger partial charge in [0.2, 0.25) is 10.0 Å². The SMILES string of the molecule is NC(=S)c1ccc(CS(=O)(=O)NC2CCCCC2O)cc1. The second-order valence-electron chi connectivity index (χ2n) is 5.40. The summed E-state index contributed by atoms with van der Waals surface area (Å²) in [4.78, 5) is 0.285. The first-order valence-electron chi connectivity index (χ1n) is 6.94. The van der Waals surface area contributed by atoms with Crippen molar-refractivity contribution in [1.29, 1.82) is 0 Å². The molecule has 2 rings (SSSR count). The van der Waals surface area contributed by atoms with E-state index < -0.39 is 16.1 Å². The molecule has 0 radical (unpaired) electrons. The number of hydrogen-bond donors (Lipinski definition) is 3.